The highest BCUT2D eigenvalue weighted by Gasteiger charge is 2.52. The minimum Gasteiger partial charge on any atom is -0.356 e. The van der Waals surface area contributed by atoms with Crippen LogP contribution in [0, 0.1) is 0 Å². The van der Waals surface area contributed by atoms with E-state index in [0.29, 0.717) is 12.8 Å². The lowest BCUT2D eigenvalue weighted by Crippen LogP contribution is -2.28. The lowest BCUT2D eigenvalue weighted by Gasteiger charge is -2.13. The van der Waals surface area contributed by atoms with Crippen molar-refractivity contribution in [2.24, 2.45) is 0 Å². The van der Waals surface area contributed by atoms with Crippen LogP contribution in [-0.2, 0) is 9.53 Å². The number of halogens is 3. The van der Waals surface area contributed by atoms with Crippen LogP contribution in [0.3, 0.4) is 0 Å². The Morgan fingerprint density at radius 3 is 2.25 bits per heavy atom. The average Bonchev–Trinajstić information content (AvgIpc) is 2.61. The van der Waals surface area contributed by atoms with Crippen LogP contribution in [0.25, 0.3) is 0 Å². The summed E-state index contributed by atoms with van der Waals surface area (Å²) in [5, 5.41) is -0.730. The van der Waals surface area contributed by atoms with Gasteiger partial charge in [0.2, 0.25) is 0 Å². The van der Waals surface area contributed by atoms with Gasteiger partial charge in [-0.15, -0.1) is 0 Å². The second-order valence-corrected chi connectivity index (χ2v) is 3.06. The van der Waals surface area contributed by atoms with Crippen molar-refractivity contribution in [2.45, 2.75) is 24.6 Å². The number of alkyl halides is 3. The maximum Gasteiger partial charge on any atom is 0.411 e. The Hall–Kier alpha value is -0.360. The summed E-state index contributed by atoms with van der Waals surface area (Å²) in [7, 11) is 0. The first-order chi connectivity index (χ1) is 5.36. The van der Waals surface area contributed by atoms with E-state index in [1.165, 1.54) is 0 Å². The van der Waals surface area contributed by atoms with Crippen LogP contribution in [-0.4, -0.2) is 23.5 Å². The largest absolute Gasteiger partial charge is 0.411 e. The summed E-state index contributed by atoms with van der Waals surface area (Å²) in [6.07, 6.45) is -3.77. The maximum absolute atomic E-state index is 11.6. The monoisotopic (exact) mass is 199 g/mol. The Labute approximate surface area is 72.5 Å². The molecule has 0 amide bonds. The number of carbonyl (C=O) groups excluding carboxylic acids is 1. The highest BCUT2D eigenvalue weighted by Crippen LogP contribution is 2.42. The third-order valence-corrected chi connectivity index (χ3v) is 1.96. The fourth-order valence-corrected chi connectivity index (χ4v) is 1.00. The molecule has 2 nitrogen and oxygen atoms in total. The van der Waals surface area contributed by atoms with Gasteiger partial charge in [0.1, 0.15) is 12.2 Å². The van der Waals surface area contributed by atoms with Gasteiger partial charge < -0.3 is 4.74 Å². The van der Waals surface area contributed by atoms with Gasteiger partial charge in [0.05, 0.1) is 0 Å². The van der Waals surface area contributed by atoms with Crippen LogP contribution in [0.5, 0.6) is 0 Å². The molecule has 0 saturated heterocycles. The van der Waals surface area contributed by atoms with Gasteiger partial charge in [0.25, 0.3) is 5.12 Å². The number of rotatable bonds is 3. The molecule has 12 heavy (non-hydrogen) atoms. The van der Waals surface area contributed by atoms with Gasteiger partial charge in [-0.05, 0) is 25.5 Å². The predicted molar refractivity (Wildman–Crippen MR) is 36.6 cm³/mol. The molecular formula is C6H6F3O2S. The minimum absolute atomic E-state index is 0.311. The molecule has 0 heterocycles. The first-order valence-electron chi connectivity index (χ1n) is 3.28. The van der Waals surface area contributed by atoms with E-state index in [1.54, 1.807) is 0 Å². The van der Waals surface area contributed by atoms with Gasteiger partial charge in [-0.1, -0.05) is 0 Å². The quantitative estimate of drug-likeness (QED) is 0.693. The number of hydrogen-bond acceptors (Lipinski definition) is 2. The van der Waals surface area contributed by atoms with Gasteiger partial charge in [-0.25, -0.2) is 0 Å². The molecule has 0 spiro atoms. The molecule has 1 radical (unpaired) electrons. The molecule has 1 saturated carbocycles. The minimum atomic E-state index is -4.39. The summed E-state index contributed by atoms with van der Waals surface area (Å²) in [5.41, 5.74) is -1.29. The van der Waals surface area contributed by atoms with E-state index in [0.717, 1.165) is 0 Å². The van der Waals surface area contributed by atoms with Crippen LogP contribution >= 0.6 is 12.6 Å². The molecule has 0 aromatic carbocycles. The van der Waals surface area contributed by atoms with Crippen molar-refractivity contribution in [3.63, 3.8) is 0 Å². The van der Waals surface area contributed by atoms with Crippen LogP contribution < -0.4 is 0 Å². The Kier molecular flexibility index (Phi) is 2.31. The molecule has 0 aromatic heterocycles. The molecule has 0 bridgehead atoms. The second kappa shape index (κ2) is 2.85. The highest BCUT2D eigenvalue weighted by atomic mass is 32.1. The topological polar surface area (TPSA) is 26.3 Å². The molecule has 1 aliphatic rings. The van der Waals surface area contributed by atoms with Crippen molar-refractivity contribution in [1.29, 1.82) is 0 Å². The smallest absolute Gasteiger partial charge is 0.356 e. The first kappa shape index (κ1) is 9.73. The van der Waals surface area contributed by atoms with E-state index in [9.17, 15) is 18.0 Å². The van der Waals surface area contributed by atoms with E-state index < -0.39 is 23.5 Å². The summed E-state index contributed by atoms with van der Waals surface area (Å²) >= 11 is 4.23. The van der Waals surface area contributed by atoms with E-state index in [4.69, 9.17) is 0 Å². The molecule has 0 atom stereocenters. The summed E-state index contributed by atoms with van der Waals surface area (Å²) in [4.78, 5) is 10.6. The Bertz CT molecular complexity index is 197. The molecule has 0 aliphatic heterocycles. The lowest BCUT2D eigenvalue weighted by atomic mass is 10.4. The van der Waals surface area contributed by atoms with Crippen molar-refractivity contribution in [3.8, 4) is 0 Å². The van der Waals surface area contributed by atoms with Crippen LogP contribution in [0.1, 0.15) is 12.8 Å². The van der Waals surface area contributed by atoms with E-state index in [-0.39, 0.29) is 0 Å². The number of ether oxygens (including phenoxy) is 1. The number of hydrogen-bond donors (Lipinski definition) is 0. The Balaban J connectivity index is 2.37. The second-order valence-electron chi connectivity index (χ2n) is 2.69. The average molecular weight is 199 g/mol. The summed E-state index contributed by atoms with van der Waals surface area (Å²) < 4.78 is 39.2. The number of carbonyl (C=O) groups is 1. The van der Waals surface area contributed by atoms with Crippen molar-refractivity contribution in [1.82, 2.24) is 0 Å². The van der Waals surface area contributed by atoms with Crippen molar-refractivity contribution in [2.75, 3.05) is 6.61 Å². The third-order valence-electron chi connectivity index (χ3n) is 1.59. The third kappa shape index (κ3) is 2.31. The summed E-state index contributed by atoms with van der Waals surface area (Å²) in [6, 6.07) is 0. The molecule has 6 heteroatoms. The van der Waals surface area contributed by atoms with Crippen molar-refractivity contribution in [3.05, 3.63) is 0 Å². The van der Waals surface area contributed by atoms with E-state index >= 15 is 0 Å². The molecule has 0 N–H and O–H groups in total. The van der Waals surface area contributed by atoms with Crippen LogP contribution in [0.4, 0.5) is 13.2 Å². The Morgan fingerprint density at radius 1 is 1.50 bits per heavy atom. The van der Waals surface area contributed by atoms with E-state index in [1.807, 2.05) is 0 Å². The Morgan fingerprint density at radius 2 is 2.00 bits per heavy atom. The van der Waals surface area contributed by atoms with Crippen molar-refractivity contribution < 1.29 is 22.7 Å². The summed E-state index contributed by atoms with van der Waals surface area (Å²) in [5.74, 6) is 0. The van der Waals surface area contributed by atoms with Crippen molar-refractivity contribution >= 4 is 17.7 Å². The molecule has 1 rings (SSSR count). The molecule has 0 unspecified atom stereocenters. The SMILES string of the molecule is O=C([S])C1(OCC(F)(F)F)CC1. The van der Waals surface area contributed by atoms with Gasteiger partial charge in [-0.3, -0.25) is 4.79 Å². The zero-order chi connectivity index (χ0) is 9.41. The standard InChI is InChI=1S/C6H6F3O2S/c7-6(8,9)3-11-5(1-2-5)4(10)12/h1-3H2. The molecule has 0 aromatic rings. The molecule has 69 valence electrons. The van der Waals surface area contributed by atoms with Gasteiger partial charge in [0, 0.05) is 0 Å². The molecule has 1 fully saturated rings. The first-order valence-corrected chi connectivity index (χ1v) is 3.69. The van der Waals surface area contributed by atoms with E-state index in [2.05, 4.69) is 17.4 Å². The molecular weight excluding hydrogens is 193 g/mol. The fourth-order valence-electron chi connectivity index (χ4n) is 0.741. The van der Waals surface area contributed by atoms with Gasteiger partial charge in [-0.2, -0.15) is 13.2 Å². The zero-order valence-corrected chi connectivity index (χ0v) is 6.80. The molecule has 1 aliphatic carbocycles. The highest BCUT2D eigenvalue weighted by molar-refractivity contribution is 7.96. The van der Waals surface area contributed by atoms with Gasteiger partial charge >= 0.3 is 6.18 Å². The van der Waals surface area contributed by atoms with Crippen LogP contribution in [0.2, 0.25) is 0 Å². The predicted octanol–water partition coefficient (Wildman–Crippen LogP) is 1.82. The van der Waals surface area contributed by atoms with Gasteiger partial charge in [0.15, 0.2) is 0 Å². The lowest BCUT2D eigenvalue weighted by molar-refractivity contribution is -0.189. The maximum atomic E-state index is 11.6. The zero-order valence-electron chi connectivity index (χ0n) is 5.98. The van der Waals surface area contributed by atoms with Crippen LogP contribution in [0.15, 0.2) is 0 Å². The fraction of sp³-hybridized carbons (Fsp3) is 0.833. The summed E-state index contributed by atoms with van der Waals surface area (Å²) in [6.45, 7) is -1.39. The normalized spacial score (nSPS) is 20.6.